The van der Waals surface area contributed by atoms with Crippen LogP contribution in [0.15, 0.2) is 48.5 Å². The standard InChI is InChI=1S/C19H18FNO4/c1-24-19(23)14-10-18(22)21(11-14)15-6-8-16(9-7-15)25-12-13-4-2-3-5-17(13)20/h2-9,14H,10-12H2,1H3/t14-/m0/s1. The van der Waals surface area contributed by atoms with Crippen molar-refractivity contribution >= 4 is 17.6 Å². The van der Waals surface area contributed by atoms with E-state index in [0.717, 1.165) is 0 Å². The Labute approximate surface area is 145 Å². The smallest absolute Gasteiger partial charge is 0.311 e. The quantitative estimate of drug-likeness (QED) is 0.784. The molecule has 6 heteroatoms. The van der Waals surface area contributed by atoms with E-state index < -0.39 is 5.92 Å². The van der Waals surface area contributed by atoms with Gasteiger partial charge in [0.2, 0.25) is 5.91 Å². The SMILES string of the molecule is COC(=O)[C@H]1CC(=O)N(c2ccc(OCc3ccccc3F)cc2)C1. The minimum Gasteiger partial charge on any atom is -0.489 e. The number of benzene rings is 2. The molecule has 0 N–H and O–H groups in total. The van der Waals surface area contributed by atoms with E-state index in [1.54, 1.807) is 47.4 Å². The summed E-state index contributed by atoms with van der Waals surface area (Å²) in [5.74, 6) is -0.663. The van der Waals surface area contributed by atoms with Crippen molar-refractivity contribution in [1.82, 2.24) is 0 Å². The summed E-state index contributed by atoms with van der Waals surface area (Å²) in [7, 11) is 1.32. The van der Waals surface area contributed by atoms with Gasteiger partial charge in [0.1, 0.15) is 18.2 Å². The zero-order valence-electron chi connectivity index (χ0n) is 13.8. The first-order valence-corrected chi connectivity index (χ1v) is 7.93. The Bertz CT molecular complexity index is 775. The number of nitrogens with zero attached hydrogens (tertiary/aromatic N) is 1. The molecule has 0 aliphatic carbocycles. The van der Waals surface area contributed by atoms with Crippen LogP contribution in [0.25, 0.3) is 0 Å². The van der Waals surface area contributed by atoms with E-state index >= 15 is 0 Å². The molecule has 1 amide bonds. The molecule has 25 heavy (non-hydrogen) atoms. The third kappa shape index (κ3) is 3.79. The van der Waals surface area contributed by atoms with Crippen molar-refractivity contribution in [2.24, 2.45) is 5.92 Å². The maximum atomic E-state index is 13.6. The van der Waals surface area contributed by atoms with Gasteiger partial charge in [0, 0.05) is 24.2 Å². The molecular formula is C19H18FNO4. The van der Waals surface area contributed by atoms with Gasteiger partial charge in [0.05, 0.1) is 13.0 Å². The fraction of sp³-hybridized carbons (Fsp3) is 0.263. The lowest BCUT2D eigenvalue weighted by Crippen LogP contribution is -2.26. The van der Waals surface area contributed by atoms with Gasteiger partial charge in [0.25, 0.3) is 0 Å². The van der Waals surface area contributed by atoms with Crippen LogP contribution in [0.5, 0.6) is 5.75 Å². The summed E-state index contributed by atoms with van der Waals surface area (Å²) < 4.78 is 23.9. The zero-order chi connectivity index (χ0) is 17.8. The average Bonchev–Trinajstić information content (AvgIpc) is 3.02. The normalized spacial score (nSPS) is 16.8. The second-order valence-corrected chi connectivity index (χ2v) is 5.80. The van der Waals surface area contributed by atoms with E-state index in [-0.39, 0.29) is 30.7 Å². The van der Waals surface area contributed by atoms with Gasteiger partial charge in [-0.2, -0.15) is 0 Å². The topological polar surface area (TPSA) is 55.8 Å². The van der Waals surface area contributed by atoms with Crippen LogP contribution in [0.4, 0.5) is 10.1 Å². The molecule has 3 rings (SSSR count). The number of methoxy groups -OCH3 is 1. The van der Waals surface area contributed by atoms with Crippen LogP contribution in [0.2, 0.25) is 0 Å². The largest absolute Gasteiger partial charge is 0.489 e. The van der Waals surface area contributed by atoms with E-state index in [1.165, 1.54) is 13.2 Å². The number of rotatable bonds is 5. The number of carbonyl (C=O) groups is 2. The second-order valence-electron chi connectivity index (χ2n) is 5.80. The summed E-state index contributed by atoms with van der Waals surface area (Å²) in [6, 6.07) is 13.4. The Hall–Kier alpha value is -2.89. The van der Waals surface area contributed by atoms with Gasteiger partial charge in [-0.25, -0.2) is 4.39 Å². The fourth-order valence-electron chi connectivity index (χ4n) is 2.78. The van der Waals surface area contributed by atoms with Gasteiger partial charge in [-0.1, -0.05) is 18.2 Å². The van der Waals surface area contributed by atoms with Crippen LogP contribution in [0.3, 0.4) is 0 Å². The highest BCUT2D eigenvalue weighted by Crippen LogP contribution is 2.27. The lowest BCUT2D eigenvalue weighted by Gasteiger charge is -2.17. The molecule has 5 nitrogen and oxygen atoms in total. The first-order valence-electron chi connectivity index (χ1n) is 7.93. The van der Waals surface area contributed by atoms with Gasteiger partial charge in [-0.15, -0.1) is 0 Å². The summed E-state index contributed by atoms with van der Waals surface area (Å²) in [6.45, 7) is 0.431. The van der Waals surface area contributed by atoms with E-state index in [2.05, 4.69) is 0 Å². The Morgan fingerprint density at radius 3 is 2.60 bits per heavy atom. The van der Waals surface area contributed by atoms with E-state index in [9.17, 15) is 14.0 Å². The van der Waals surface area contributed by atoms with E-state index in [4.69, 9.17) is 9.47 Å². The third-order valence-electron chi connectivity index (χ3n) is 4.16. The molecular weight excluding hydrogens is 325 g/mol. The highest BCUT2D eigenvalue weighted by Gasteiger charge is 2.35. The molecule has 1 saturated heterocycles. The minimum atomic E-state index is -0.436. The van der Waals surface area contributed by atoms with Crippen molar-refractivity contribution in [2.75, 3.05) is 18.6 Å². The number of hydrogen-bond donors (Lipinski definition) is 0. The van der Waals surface area contributed by atoms with Gasteiger partial charge in [0.15, 0.2) is 0 Å². The minimum absolute atomic E-state index is 0.115. The summed E-state index contributed by atoms with van der Waals surface area (Å²) in [6.07, 6.45) is 0.151. The molecule has 2 aromatic carbocycles. The zero-order valence-corrected chi connectivity index (χ0v) is 13.8. The molecule has 0 spiro atoms. The summed E-state index contributed by atoms with van der Waals surface area (Å²) in [4.78, 5) is 25.2. The molecule has 0 radical (unpaired) electrons. The number of anilines is 1. The van der Waals surface area contributed by atoms with Crippen molar-refractivity contribution < 1.29 is 23.5 Å². The second kappa shape index (κ2) is 7.34. The molecule has 0 bridgehead atoms. The Kier molecular flexibility index (Phi) is 4.97. The summed E-state index contributed by atoms with van der Waals surface area (Å²) in [5, 5.41) is 0. The first-order chi connectivity index (χ1) is 12.1. The number of carbonyl (C=O) groups excluding carboxylic acids is 2. The number of ether oxygens (including phenoxy) is 2. The molecule has 0 aromatic heterocycles. The van der Waals surface area contributed by atoms with Crippen LogP contribution in [-0.2, 0) is 20.9 Å². The lowest BCUT2D eigenvalue weighted by atomic mass is 10.1. The van der Waals surface area contributed by atoms with Crippen LogP contribution < -0.4 is 9.64 Å². The monoisotopic (exact) mass is 343 g/mol. The maximum Gasteiger partial charge on any atom is 0.311 e. The molecule has 2 aromatic rings. The molecule has 1 aliphatic rings. The lowest BCUT2D eigenvalue weighted by molar-refractivity contribution is -0.145. The van der Waals surface area contributed by atoms with E-state index in [1.807, 2.05) is 0 Å². The summed E-state index contributed by atoms with van der Waals surface area (Å²) in [5.41, 5.74) is 1.16. The summed E-state index contributed by atoms with van der Waals surface area (Å²) >= 11 is 0. The third-order valence-corrected chi connectivity index (χ3v) is 4.16. The Morgan fingerprint density at radius 2 is 1.92 bits per heavy atom. The molecule has 1 aliphatic heterocycles. The molecule has 0 unspecified atom stereocenters. The highest BCUT2D eigenvalue weighted by molar-refractivity contribution is 5.99. The maximum absolute atomic E-state index is 13.6. The number of hydrogen-bond acceptors (Lipinski definition) is 4. The van der Waals surface area contributed by atoms with Crippen molar-refractivity contribution in [2.45, 2.75) is 13.0 Å². The van der Waals surface area contributed by atoms with Crippen LogP contribution in [0, 0.1) is 11.7 Å². The predicted octanol–water partition coefficient (Wildman–Crippen LogP) is 2.93. The molecule has 0 saturated carbocycles. The van der Waals surface area contributed by atoms with Crippen molar-refractivity contribution in [3.05, 3.63) is 59.9 Å². The highest BCUT2D eigenvalue weighted by atomic mass is 19.1. The van der Waals surface area contributed by atoms with Gasteiger partial charge in [-0.05, 0) is 30.3 Å². The number of amides is 1. The number of halogens is 1. The Morgan fingerprint density at radius 1 is 1.20 bits per heavy atom. The van der Waals surface area contributed by atoms with Crippen molar-refractivity contribution in [1.29, 1.82) is 0 Å². The van der Waals surface area contributed by atoms with Gasteiger partial charge < -0.3 is 14.4 Å². The van der Waals surface area contributed by atoms with Crippen LogP contribution in [-0.4, -0.2) is 25.5 Å². The molecule has 1 fully saturated rings. The van der Waals surface area contributed by atoms with Gasteiger partial charge >= 0.3 is 5.97 Å². The van der Waals surface area contributed by atoms with Crippen molar-refractivity contribution in [3.63, 3.8) is 0 Å². The molecule has 1 atom stereocenters. The Balaban J connectivity index is 1.63. The molecule has 1 heterocycles. The number of esters is 1. The van der Waals surface area contributed by atoms with Gasteiger partial charge in [-0.3, -0.25) is 9.59 Å². The first kappa shape index (κ1) is 17.0. The fourth-order valence-corrected chi connectivity index (χ4v) is 2.78. The predicted molar refractivity (Wildman–Crippen MR) is 89.7 cm³/mol. The van der Waals surface area contributed by atoms with E-state index in [0.29, 0.717) is 23.5 Å². The molecule has 130 valence electrons. The average molecular weight is 343 g/mol. The van der Waals surface area contributed by atoms with Crippen LogP contribution >= 0.6 is 0 Å². The van der Waals surface area contributed by atoms with Crippen molar-refractivity contribution in [3.8, 4) is 5.75 Å². The van der Waals surface area contributed by atoms with Crippen LogP contribution in [0.1, 0.15) is 12.0 Å².